The minimum atomic E-state index is -0.748. The molecule has 1 nitrogen and oxygen atoms in total. The largest absolute Gasteiger partial charge is 0.387 e. The van der Waals surface area contributed by atoms with E-state index in [9.17, 15) is 9.50 Å². The third-order valence-corrected chi connectivity index (χ3v) is 2.45. The first-order valence-corrected chi connectivity index (χ1v) is 4.67. The van der Waals surface area contributed by atoms with Crippen LogP contribution in [0.25, 0.3) is 0 Å². The molecule has 0 heterocycles. The lowest BCUT2D eigenvalue weighted by molar-refractivity contribution is 0.202. The van der Waals surface area contributed by atoms with Crippen molar-refractivity contribution in [3.63, 3.8) is 0 Å². The molecule has 0 aromatic heterocycles. The zero-order valence-electron chi connectivity index (χ0n) is 6.10. The fraction of sp³-hybridized carbons (Fsp3) is 0.250. The van der Waals surface area contributed by atoms with E-state index in [-0.39, 0.29) is 11.7 Å². The van der Waals surface area contributed by atoms with Crippen molar-refractivity contribution in [1.29, 1.82) is 0 Å². The SMILES string of the molecule is O[C@@H](CCl)c1ccc(F)cc1Br. The molecule has 0 unspecified atom stereocenters. The van der Waals surface area contributed by atoms with Gasteiger partial charge in [0.05, 0.1) is 12.0 Å². The lowest BCUT2D eigenvalue weighted by Gasteiger charge is -2.08. The third-order valence-electron chi connectivity index (χ3n) is 1.47. The Morgan fingerprint density at radius 1 is 1.58 bits per heavy atom. The maximum Gasteiger partial charge on any atom is 0.124 e. The molecule has 1 rings (SSSR count). The van der Waals surface area contributed by atoms with Gasteiger partial charge in [-0.15, -0.1) is 11.6 Å². The van der Waals surface area contributed by atoms with E-state index in [1.807, 2.05) is 0 Å². The number of hydrogen-bond donors (Lipinski definition) is 1. The van der Waals surface area contributed by atoms with Gasteiger partial charge in [-0.2, -0.15) is 0 Å². The number of aliphatic hydroxyl groups excluding tert-OH is 1. The molecular formula is C8H7BrClFO. The molecule has 0 saturated heterocycles. The fourth-order valence-electron chi connectivity index (χ4n) is 0.855. The molecule has 0 bridgehead atoms. The van der Waals surface area contributed by atoms with Gasteiger partial charge >= 0.3 is 0 Å². The summed E-state index contributed by atoms with van der Waals surface area (Å²) in [6.45, 7) is 0. The van der Waals surface area contributed by atoms with Crippen molar-refractivity contribution in [2.45, 2.75) is 6.10 Å². The van der Waals surface area contributed by atoms with Crippen LogP contribution in [0.1, 0.15) is 11.7 Å². The van der Waals surface area contributed by atoms with Crippen LogP contribution in [-0.2, 0) is 0 Å². The number of alkyl halides is 1. The summed E-state index contributed by atoms with van der Waals surface area (Å²) in [6, 6.07) is 4.09. The van der Waals surface area contributed by atoms with Crippen LogP contribution in [0.5, 0.6) is 0 Å². The van der Waals surface area contributed by atoms with Crippen molar-refractivity contribution >= 4 is 27.5 Å². The van der Waals surface area contributed by atoms with Gasteiger partial charge < -0.3 is 5.11 Å². The summed E-state index contributed by atoms with van der Waals surface area (Å²) in [5.74, 6) is -0.239. The second-order valence-electron chi connectivity index (χ2n) is 2.34. The Morgan fingerprint density at radius 3 is 2.75 bits per heavy atom. The lowest BCUT2D eigenvalue weighted by atomic mass is 10.1. The zero-order chi connectivity index (χ0) is 9.14. The van der Waals surface area contributed by atoms with Gasteiger partial charge in [0, 0.05) is 4.47 Å². The molecular weight excluding hydrogens is 246 g/mol. The monoisotopic (exact) mass is 252 g/mol. The van der Waals surface area contributed by atoms with Crippen LogP contribution in [0.2, 0.25) is 0 Å². The van der Waals surface area contributed by atoms with Gasteiger partial charge in [0.1, 0.15) is 5.82 Å². The number of halogens is 3. The molecule has 1 aromatic rings. The van der Waals surface area contributed by atoms with E-state index >= 15 is 0 Å². The average Bonchev–Trinajstić information content (AvgIpc) is 2.03. The van der Waals surface area contributed by atoms with Crippen LogP contribution >= 0.6 is 27.5 Å². The number of benzene rings is 1. The predicted molar refractivity (Wildman–Crippen MR) is 49.8 cm³/mol. The summed E-state index contributed by atoms with van der Waals surface area (Å²) in [5, 5.41) is 9.32. The number of hydrogen-bond acceptors (Lipinski definition) is 1. The molecule has 0 saturated carbocycles. The van der Waals surface area contributed by atoms with E-state index in [1.54, 1.807) is 0 Å². The molecule has 12 heavy (non-hydrogen) atoms. The maximum absolute atomic E-state index is 12.6. The summed E-state index contributed by atoms with van der Waals surface area (Å²) in [4.78, 5) is 0. The van der Waals surface area contributed by atoms with E-state index in [0.29, 0.717) is 10.0 Å². The normalized spacial score (nSPS) is 13.0. The molecule has 1 atom stereocenters. The average molecular weight is 253 g/mol. The molecule has 1 N–H and O–H groups in total. The third kappa shape index (κ3) is 2.19. The second kappa shape index (κ2) is 4.21. The Labute approximate surface area is 83.3 Å². The van der Waals surface area contributed by atoms with Gasteiger partial charge in [-0.1, -0.05) is 22.0 Å². The molecule has 1 aromatic carbocycles. The highest BCUT2D eigenvalue weighted by Crippen LogP contribution is 2.24. The van der Waals surface area contributed by atoms with Crippen LogP contribution < -0.4 is 0 Å². The molecule has 0 aliphatic carbocycles. The van der Waals surface area contributed by atoms with Gasteiger partial charge in [0.2, 0.25) is 0 Å². The van der Waals surface area contributed by atoms with Crippen molar-refractivity contribution in [1.82, 2.24) is 0 Å². The van der Waals surface area contributed by atoms with E-state index in [2.05, 4.69) is 15.9 Å². The Balaban J connectivity index is 3.01. The zero-order valence-corrected chi connectivity index (χ0v) is 8.44. The molecule has 66 valence electrons. The van der Waals surface area contributed by atoms with Crippen molar-refractivity contribution in [2.75, 3.05) is 5.88 Å². The summed E-state index contributed by atoms with van der Waals surface area (Å²) < 4.78 is 13.1. The summed E-state index contributed by atoms with van der Waals surface area (Å²) in [6.07, 6.45) is -0.748. The van der Waals surface area contributed by atoms with Crippen LogP contribution in [0.3, 0.4) is 0 Å². The number of rotatable bonds is 2. The molecule has 4 heteroatoms. The topological polar surface area (TPSA) is 20.2 Å². The standard InChI is InChI=1S/C8H7BrClFO/c9-7-3-5(11)1-2-6(7)8(12)4-10/h1-3,8,12H,4H2/t8-/m0/s1. The molecule has 0 fully saturated rings. The molecule has 0 spiro atoms. The van der Waals surface area contributed by atoms with Crippen molar-refractivity contribution < 1.29 is 9.50 Å². The van der Waals surface area contributed by atoms with E-state index < -0.39 is 6.10 Å². The van der Waals surface area contributed by atoms with Crippen LogP contribution in [0.15, 0.2) is 22.7 Å². The molecule has 0 radical (unpaired) electrons. The van der Waals surface area contributed by atoms with E-state index in [4.69, 9.17) is 11.6 Å². The molecule has 0 aliphatic heterocycles. The van der Waals surface area contributed by atoms with Gasteiger partial charge in [0.25, 0.3) is 0 Å². The van der Waals surface area contributed by atoms with Crippen molar-refractivity contribution in [2.24, 2.45) is 0 Å². The van der Waals surface area contributed by atoms with Crippen molar-refractivity contribution in [3.8, 4) is 0 Å². The first-order chi connectivity index (χ1) is 5.65. The highest BCUT2D eigenvalue weighted by atomic mass is 79.9. The Morgan fingerprint density at radius 2 is 2.25 bits per heavy atom. The Bertz CT molecular complexity index is 280. The molecule has 0 aliphatic rings. The highest BCUT2D eigenvalue weighted by molar-refractivity contribution is 9.10. The van der Waals surface area contributed by atoms with Gasteiger partial charge in [-0.25, -0.2) is 4.39 Å². The van der Waals surface area contributed by atoms with Crippen LogP contribution in [0.4, 0.5) is 4.39 Å². The van der Waals surface area contributed by atoms with E-state index in [1.165, 1.54) is 18.2 Å². The van der Waals surface area contributed by atoms with Crippen LogP contribution in [0, 0.1) is 5.82 Å². The quantitative estimate of drug-likeness (QED) is 0.804. The van der Waals surface area contributed by atoms with Crippen LogP contribution in [-0.4, -0.2) is 11.0 Å². The lowest BCUT2D eigenvalue weighted by Crippen LogP contribution is -1.99. The minimum Gasteiger partial charge on any atom is -0.387 e. The summed E-state index contributed by atoms with van der Waals surface area (Å²) in [5.41, 5.74) is 0.603. The highest BCUT2D eigenvalue weighted by Gasteiger charge is 2.09. The Kier molecular flexibility index (Phi) is 3.50. The summed E-state index contributed by atoms with van der Waals surface area (Å²) >= 11 is 8.56. The smallest absolute Gasteiger partial charge is 0.124 e. The first kappa shape index (κ1) is 9.96. The van der Waals surface area contributed by atoms with Gasteiger partial charge in [-0.05, 0) is 17.7 Å². The second-order valence-corrected chi connectivity index (χ2v) is 3.50. The Hall–Kier alpha value is -0.120. The minimum absolute atomic E-state index is 0.101. The van der Waals surface area contributed by atoms with Gasteiger partial charge in [0.15, 0.2) is 0 Å². The van der Waals surface area contributed by atoms with Gasteiger partial charge in [-0.3, -0.25) is 0 Å². The van der Waals surface area contributed by atoms with Crippen molar-refractivity contribution in [3.05, 3.63) is 34.1 Å². The number of aliphatic hydroxyl groups is 1. The fourth-order valence-corrected chi connectivity index (χ4v) is 1.64. The first-order valence-electron chi connectivity index (χ1n) is 3.34. The van der Waals surface area contributed by atoms with E-state index in [0.717, 1.165) is 0 Å². The predicted octanol–water partition coefficient (Wildman–Crippen LogP) is 2.86. The maximum atomic E-state index is 12.6. The summed E-state index contributed by atoms with van der Waals surface area (Å²) in [7, 11) is 0. The molecule has 0 amide bonds.